The SMILES string of the molecule is CC(C)(CN=C(N)Nc1ccccn1)c1ccc2c(c1)OCCO2. The Bertz CT molecular complexity index is 729. The lowest BCUT2D eigenvalue weighted by atomic mass is 9.84. The van der Waals surface area contributed by atoms with E-state index in [0.717, 1.165) is 17.1 Å². The number of hydrogen-bond donors (Lipinski definition) is 2. The van der Waals surface area contributed by atoms with Crippen LogP contribution in [0.25, 0.3) is 0 Å². The normalized spacial score (nSPS) is 14.3. The third-order valence-corrected chi connectivity index (χ3v) is 3.89. The zero-order valence-electron chi connectivity index (χ0n) is 14.0. The number of aliphatic imine (C=N–C) groups is 1. The number of ether oxygens (including phenoxy) is 2. The molecule has 0 fully saturated rings. The predicted octanol–water partition coefficient (Wildman–Crippen LogP) is 2.56. The summed E-state index contributed by atoms with van der Waals surface area (Å²) in [6, 6.07) is 11.6. The standard InChI is InChI=1S/C18H22N4O2/c1-18(2,12-21-17(19)22-16-5-3-4-8-20-16)13-6-7-14-15(11-13)24-10-9-23-14/h3-8,11H,9-10,12H2,1-2H3,(H3,19,20,21,22). The fourth-order valence-electron chi connectivity index (χ4n) is 2.45. The minimum atomic E-state index is -0.188. The molecule has 0 aliphatic carbocycles. The lowest BCUT2D eigenvalue weighted by Gasteiger charge is -2.26. The number of nitrogens with two attached hydrogens (primary N) is 1. The summed E-state index contributed by atoms with van der Waals surface area (Å²) in [7, 11) is 0. The first kappa shape index (κ1) is 16.1. The molecule has 0 atom stereocenters. The van der Waals surface area contributed by atoms with Gasteiger partial charge in [-0.1, -0.05) is 26.0 Å². The molecule has 0 unspecified atom stereocenters. The Kier molecular flexibility index (Phi) is 4.55. The van der Waals surface area contributed by atoms with E-state index in [2.05, 4.69) is 29.1 Å². The Morgan fingerprint density at radius 3 is 2.75 bits per heavy atom. The summed E-state index contributed by atoms with van der Waals surface area (Å²) < 4.78 is 11.2. The summed E-state index contributed by atoms with van der Waals surface area (Å²) in [5.74, 6) is 2.60. The first-order chi connectivity index (χ1) is 11.5. The Morgan fingerprint density at radius 2 is 2.00 bits per heavy atom. The van der Waals surface area contributed by atoms with Gasteiger partial charge in [0.05, 0.1) is 6.54 Å². The first-order valence-corrected chi connectivity index (χ1v) is 7.93. The van der Waals surface area contributed by atoms with Gasteiger partial charge in [0.1, 0.15) is 19.0 Å². The molecule has 24 heavy (non-hydrogen) atoms. The molecular formula is C18H22N4O2. The topological polar surface area (TPSA) is 81.8 Å². The highest BCUT2D eigenvalue weighted by atomic mass is 16.6. The van der Waals surface area contributed by atoms with Crippen molar-refractivity contribution < 1.29 is 9.47 Å². The second-order valence-corrected chi connectivity index (χ2v) is 6.28. The Hall–Kier alpha value is -2.76. The molecule has 126 valence electrons. The van der Waals surface area contributed by atoms with E-state index >= 15 is 0 Å². The maximum absolute atomic E-state index is 5.96. The molecule has 1 aromatic carbocycles. The van der Waals surface area contributed by atoms with Crippen LogP contribution in [0.1, 0.15) is 19.4 Å². The summed E-state index contributed by atoms with van der Waals surface area (Å²) in [4.78, 5) is 8.62. The van der Waals surface area contributed by atoms with Crippen molar-refractivity contribution in [3.8, 4) is 11.5 Å². The van der Waals surface area contributed by atoms with Gasteiger partial charge in [-0.3, -0.25) is 4.99 Å². The summed E-state index contributed by atoms with van der Waals surface area (Å²) >= 11 is 0. The number of anilines is 1. The smallest absolute Gasteiger partial charge is 0.194 e. The molecule has 6 heteroatoms. The minimum Gasteiger partial charge on any atom is -0.486 e. The van der Waals surface area contributed by atoms with Crippen molar-refractivity contribution in [2.45, 2.75) is 19.3 Å². The fourth-order valence-corrected chi connectivity index (χ4v) is 2.45. The van der Waals surface area contributed by atoms with Crippen LogP contribution < -0.4 is 20.5 Å². The van der Waals surface area contributed by atoms with E-state index < -0.39 is 0 Å². The third-order valence-electron chi connectivity index (χ3n) is 3.89. The molecular weight excluding hydrogens is 304 g/mol. The summed E-state index contributed by atoms with van der Waals surface area (Å²) in [6.07, 6.45) is 1.70. The Balaban J connectivity index is 1.70. The van der Waals surface area contributed by atoms with Crippen LogP contribution in [0.5, 0.6) is 11.5 Å². The number of pyridine rings is 1. The number of hydrogen-bond acceptors (Lipinski definition) is 4. The minimum absolute atomic E-state index is 0.188. The van der Waals surface area contributed by atoms with Gasteiger partial charge in [0.25, 0.3) is 0 Å². The molecule has 2 aromatic rings. The van der Waals surface area contributed by atoms with Crippen molar-refractivity contribution in [2.75, 3.05) is 25.1 Å². The molecule has 1 aliphatic heterocycles. The van der Waals surface area contributed by atoms with Gasteiger partial charge in [-0.2, -0.15) is 0 Å². The number of nitrogens with zero attached hydrogens (tertiary/aromatic N) is 2. The van der Waals surface area contributed by atoms with E-state index in [4.69, 9.17) is 15.2 Å². The van der Waals surface area contributed by atoms with Gasteiger partial charge in [0, 0.05) is 11.6 Å². The molecule has 3 N–H and O–H groups in total. The van der Waals surface area contributed by atoms with Crippen LogP contribution in [-0.2, 0) is 5.41 Å². The van der Waals surface area contributed by atoms with E-state index in [-0.39, 0.29) is 5.41 Å². The van der Waals surface area contributed by atoms with E-state index in [1.165, 1.54) is 0 Å². The molecule has 0 amide bonds. The van der Waals surface area contributed by atoms with Crippen molar-refractivity contribution in [3.63, 3.8) is 0 Å². The second-order valence-electron chi connectivity index (χ2n) is 6.28. The molecule has 0 saturated heterocycles. The Morgan fingerprint density at radius 1 is 1.21 bits per heavy atom. The zero-order chi connectivity index (χ0) is 17.0. The molecule has 0 saturated carbocycles. The Labute approximate surface area is 141 Å². The number of guanidine groups is 1. The molecule has 6 nitrogen and oxygen atoms in total. The van der Waals surface area contributed by atoms with Crippen LogP contribution in [0.4, 0.5) is 5.82 Å². The zero-order valence-corrected chi connectivity index (χ0v) is 14.0. The molecule has 2 heterocycles. The average Bonchev–Trinajstić information content (AvgIpc) is 2.60. The van der Waals surface area contributed by atoms with Gasteiger partial charge >= 0.3 is 0 Å². The highest BCUT2D eigenvalue weighted by molar-refractivity contribution is 5.91. The van der Waals surface area contributed by atoms with Crippen LogP contribution in [0, 0.1) is 0 Å². The van der Waals surface area contributed by atoms with Crippen LogP contribution in [0.3, 0.4) is 0 Å². The number of benzene rings is 1. The van der Waals surface area contributed by atoms with Crippen molar-refractivity contribution in [1.82, 2.24) is 4.98 Å². The number of aromatic nitrogens is 1. The summed E-state index contributed by atoms with van der Waals surface area (Å²) in [5.41, 5.74) is 6.89. The van der Waals surface area contributed by atoms with E-state index in [1.807, 2.05) is 36.4 Å². The lowest BCUT2D eigenvalue weighted by Crippen LogP contribution is -2.28. The van der Waals surface area contributed by atoms with Crippen molar-refractivity contribution in [3.05, 3.63) is 48.2 Å². The molecule has 1 aromatic heterocycles. The van der Waals surface area contributed by atoms with Crippen LogP contribution in [-0.4, -0.2) is 30.7 Å². The number of rotatable bonds is 4. The maximum atomic E-state index is 5.96. The molecule has 1 aliphatic rings. The van der Waals surface area contributed by atoms with Crippen molar-refractivity contribution in [1.29, 1.82) is 0 Å². The largest absolute Gasteiger partial charge is 0.486 e. The molecule has 0 bridgehead atoms. The first-order valence-electron chi connectivity index (χ1n) is 7.93. The van der Waals surface area contributed by atoms with Gasteiger partial charge in [0.2, 0.25) is 0 Å². The predicted molar refractivity (Wildman–Crippen MR) is 94.8 cm³/mol. The van der Waals surface area contributed by atoms with E-state index in [1.54, 1.807) is 6.20 Å². The summed E-state index contributed by atoms with van der Waals surface area (Å²) in [6.45, 7) is 5.95. The monoisotopic (exact) mass is 326 g/mol. The van der Waals surface area contributed by atoms with Gasteiger partial charge < -0.3 is 20.5 Å². The second kappa shape index (κ2) is 6.78. The van der Waals surface area contributed by atoms with Crippen molar-refractivity contribution >= 4 is 11.8 Å². The van der Waals surface area contributed by atoms with Gasteiger partial charge in [-0.05, 0) is 29.8 Å². The van der Waals surface area contributed by atoms with Crippen LogP contribution in [0.2, 0.25) is 0 Å². The van der Waals surface area contributed by atoms with Crippen molar-refractivity contribution in [2.24, 2.45) is 10.7 Å². The van der Waals surface area contributed by atoms with Gasteiger partial charge in [-0.25, -0.2) is 4.98 Å². The van der Waals surface area contributed by atoms with E-state index in [0.29, 0.717) is 31.5 Å². The average molecular weight is 326 g/mol. The number of nitrogens with one attached hydrogen (secondary N) is 1. The van der Waals surface area contributed by atoms with Crippen LogP contribution >= 0.6 is 0 Å². The molecule has 3 rings (SSSR count). The van der Waals surface area contributed by atoms with Gasteiger partial charge in [0.15, 0.2) is 17.5 Å². The highest BCUT2D eigenvalue weighted by Gasteiger charge is 2.23. The third kappa shape index (κ3) is 3.76. The van der Waals surface area contributed by atoms with Gasteiger partial charge in [-0.15, -0.1) is 0 Å². The summed E-state index contributed by atoms with van der Waals surface area (Å²) in [5, 5.41) is 2.99. The fraction of sp³-hybridized carbons (Fsp3) is 0.333. The van der Waals surface area contributed by atoms with Crippen LogP contribution in [0.15, 0.2) is 47.6 Å². The lowest BCUT2D eigenvalue weighted by molar-refractivity contribution is 0.171. The number of fused-ring (bicyclic) bond motifs is 1. The van der Waals surface area contributed by atoms with E-state index in [9.17, 15) is 0 Å². The quantitative estimate of drug-likeness (QED) is 0.666. The highest BCUT2D eigenvalue weighted by Crippen LogP contribution is 2.35. The molecule has 0 radical (unpaired) electrons. The maximum Gasteiger partial charge on any atom is 0.194 e. The molecule has 0 spiro atoms.